The minimum absolute atomic E-state index is 0.0607. The molecule has 7 unspecified atom stereocenters. The number of amides is 4. The van der Waals surface area contributed by atoms with Crippen LogP contribution in [0, 0.1) is 23.7 Å². The average molecular weight is 1010 g/mol. The molecule has 18 heteroatoms. The lowest BCUT2D eigenvalue weighted by molar-refractivity contribution is -0.179. The Morgan fingerprint density at radius 3 is 2.19 bits per heavy atom. The monoisotopic (exact) mass is 1000 g/mol. The zero-order valence-corrected chi connectivity index (χ0v) is 41.3. The molecule has 0 radical (unpaired) electrons. The normalized spacial score (nSPS) is 22.6. The number of piperazine rings is 1. The minimum Gasteiger partial charge on any atom is -0.508 e. The number of carbonyl (C=O) groups excluding carboxylic acids is 5. The summed E-state index contributed by atoms with van der Waals surface area (Å²) in [7, 11) is 1.22. The van der Waals surface area contributed by atoms with Gasteiger partial charge in [-0.25, -0.2) is 29.1 Å². The van der Waals surface area contributed by atoms with Crippen molar-refractivity contribution in [2.24, 2.45) is 11.8 Å². The maximum Gasteiger partial charge on any atom is 0.329 e. The molecule has 0 saturated carbocycles. The number of hydrogen-bond acceptors (Lipinski definition) is 14. The van der Waals surface area contributed by atoms with Crippen LogP contribution in [0.25, 0.3) is 11.0 Å². The zero-order chi connectivity index (χ0) is 52.0. The molecular formula is C57H52N10O8. The van der Waals surface area contributed by atoms with Gasteiger partial charge in [-0.1, -0.05) is 116 Å². The van der Waals surface area contributed by atoms with Gasteiger partial charge in [-0.2, -0.15) is 0 Å². The van der Waals surface area contributed by atoms with Crippen molar-refractivity contribution >= 4 is 52.5 Å². The fourth-order valence-corrected chi connectivity index (χ4v) is 11.5. The molecule has 2 N–H and O–H groups in total. The fourth-order valence-electron chi connectivity index (χ4n) is 11.5. The number of anilines is 2. The smallest absolute Gasteiger partial charge is 0.329 e. The van der Waals surface area contributed by atoms with Crippen molar-refractivity contribution in [2.75, 3.05) is 43.1 Å². The van der Waals surface area contributed by atoms with Gasteiger partial charge in [0.05, 0.1) is 36.3 Å². The first-order chi connectivity index (χ1) is 36.5. The van der Waals surface area contributed by atoms with Gasteiger partial charge >= 0.3 is 18.0 Å². The van der Waals surface area contributed by atoms with Crippen LogP contribution in [0.3, 0.4) is 0 Å². The Morgan fingerprint density at radius 1 is 0.813 bits per heavy atom. The van der Waals surface area contributed by atoms with E-state index >= 15 is 19.2 Å². The second-order valence-corrected chi connectivity index (χ2v) is 19.3. The number of phenols is 1. The molecule has 4 amide bonds. The van der Waals surface area contributed by atoms with Gasteiger partial charge in [0.25, 0.3) is 0 Å². The molecule has 11 rings (SSSR count). The Bertz CT molecular complexity index is 3380. The van der Waals surface area contributed by atoms with Crippen LogP contribution in [0.1, 0.15) is 59.9 Å². The third-order valence-corrected chi connectivity index (χ3v) is 14.8. The lowest BCUT2D eigenvalue weighted by atomic mass is 9.64. The van der Waals surface area contributed by atoms with Crippen LogP contribution < -0.4 is 15.1 Å². The second kappa shape index (κ2) is 19.8. The van der Waals surface area contributed by atoms with Gasteiger partial charge in [-0.15, -0.1) is 5.10 Å². The van der Waals surface area contributed by atoms with Crippen molar-refractivity contribution in [3.05, 3.63) is 174 Å². The standard InChI is InChI=1S/C57H52N10O8/c1-35(2)46(52(70)74-3)60-56(73)66-43-26-21-36(14-12-29-65-44-20-11-10-19-42(44)61-62-65)34-41(43)57(54(66)72)45(51(69)63-30-32-64(33-31-63)55-58-27-13-28-59-55)48-53(71)75-49(38-17-8-5-9-18-38)47(37-15-6-4-7-16-37)67(48)50(57)39-22-24-40(68)25-23-39/h4-11,13,15-28,34-35,45-50,68H,29-33H2,1-3H3,(H,60,73). The van der Waals surface area contributed by atoms with Gasteiger partial charge in [-0.3, -0.25) is 19.3 Å². The predicted octanol–water partition coefficient (Wildman–Crippen LogP) is 5.90. The number of nitrogens with zero attached hydrogens (tertiary/aromatic N) is 9. The van der Waals surface area contributed by atoms with Gasteiger partial charge in [0, 0.05) is 44.1 Å². The number of para-hydroxylation sites is 1. The number of aromatic nitrogens is 5. The molecule has 6 heterocycles. The number of nitrogens with one attached hydrogen (secondary N) is 1. The van der Waals surface area contributed by atoms with E-state index < -0.39 is 77.3 Å². The van der Waals surface area contributed by atoms with Crippen LogP contribution in [0.2, 0.25) is 0 Å². The Hall–Kier alpha value is -8.95. The van der Waals surface area contributed by atoms with Crippen molar-refractivity contribution in [1.82, 2.24) is 40.1 Å². The number of methoxy groups -OCH3 is 1. The summed E-state index contributed by atoms with van der Waals surface area (Å²) in [6.07, 6.45) is 2.34. The summed E-state index contributed by atoms with van der Waals surface area (Å²) in [5, 5.41) is 22.2. The number of fused-ring (bicyclic) bond motifs is 4. The maximum atomic E-state index is 16.8. The third-order valence-electron chi connectivity index (χ3n) is 14.8. The number of benzene rings is 5. The molecule has 7 atom stereocenters. The number of esters is 2. The van der Waals surface area contributed by atoms with Crippen LogP contribution in [0.15, 0.2) is 146 Å². The van der Waals surface area contributed by atoms with Gasteiger partial charge in [0.2, 0.25) is 17.8 Å². The summed E-state index contributed by atoms with van der Waals surface area (Å²) in [6, 6.07) is 33.8. The average Bonchev–Trinajstić information content (AvgIpc) is 4.30. The Morgan fingerprint density at radius 2 is 1.49 bits per heavy atom. The highest BCUT2D eigenvalue weighted by molar-refractivity contribution is 6.25. The third kappa shape index (κ3) is 8.34. The number of carbonyl (C=O) groups is 5. The van der Waals surface area contributed by atoms with Crippen molar-refractivity contribution in [1.29, 1.82) is 0 Å². The number of morpholine rings is 1. The largest absolute Gasteiger partial charge is 0.508 e. The summed E-state index contributed by atoms with van der Waals surface area (Å²) >= 11 is 0. The molecule has 18 nitrogen and oxygen atoms in total. The first-order valence-electron chi connectivity index (χ1n) is 24.8. The SMILES string of the molecule is COC(=O)C(NC(=O)N1C(=O)C2(c3cc(C#CCn4nnc5ccccc54)ccc31)C(C(=O)N1CCN(c3ncccn3)CC1)C1C(=O)OC(c3ccccc3)C(c3ccccc3)N1C2c1ccc(O)cc1)C(C)C. The number of imide groups is 1. The van der Waals surface area contributed by atoms with E-state index in [-0.39, 0.29) is 36.6 Å². The van der Waals surface area contributed by atoms with E-state index in [1.54, 1.807) is 72.2 Å². The fraction of sp³-hybridized carbons (Fsp3) is 0.281. The summed E-state index contributed by atoms with van der Waals surface area (Å²) in [5.74, 6) is 2.07. The molecule has 2 aromatic heterocycles. The molecule has 7 aromatic rings. The maximum absolute atomic E-state index is 16.8. The van der Waals surface area contributed by atoms with E-state index in [1.165, 1.54) is 19.2 Å². The van der Waals surface area contributed by atoms with Gasteiger partial charge < -0.3 is 29.7 Å². The number of rotatable bonds is 9. The van der Waals surface area contributed by atoms with Crippen LogP contribution >= 0.6 is 0 Å². The van der Waals surface area contributed by atoms with Crippen LogP contribution in [0.4, 0.5) is 16.4 Å². The number of cyclic esters (lactones) is 1. The molecule has 4 aliphatic rings. The van der Waals surface area contributed by atoms with E-state index in [0.29, 0.717) is 41.2 Å². The second-order valence-electron chi connectivity index (χ2n) is 19.3. The van der Waals surface area contributed by atoms with Gasteiger partial charge in [0.15, 0.2) is 0 Å². The number of urea groups is 1. The first-order valence-corrected chi connectivity index (χ1v) is 24.8. The van der Waals surface area contributed by atoms with E-state index in [1.807, 2.05) is 94.7 Å². The van der Waals surface area contributed by atoms with E-state index in [0.717, 1.165) is 16.0 Å². The van der Waals surface area contributed by atoms with Crippen molar-refractivity contribution in [3.63, 3.8) is 0 Å². The lowest BCUT2D eigenvalue weighted by Crippen LogP contribution is -2.60. The molecule has 0 bridgehead atoms. The van der Waals surface area contributed by atoms with Crippen LogP contribution in [-0.2, 0) is 40.6 Å². The van der Waals surface area contributed by atoms with Gasteiger partial charge in [0.1, 0.15) is 41.4 Å². The summed E-state index contributed by atoms with van der Waals surface area (Å²) in [4.78, 5) is 92.8. The quantitative estimate of drug-likeness (QED) is 0.128. The van der Waals surface area contributed by atoms with Crippen molar-refractivity contribution in [2.45, 2.75) is 56.1 Å². The van der Waals surface area contributed by atoms with E-state index in [2.05, 4.69) is 37.4 Å². The molecule has 5 aromatic carbocycles. The molecule has 0 aliphatic carbocycles. The molecule has 3 fully saturated rings. The zero-order valence-electron chi connectivity index (χ0n) is 41.3. The van der Waals surface area contributed by atoms with E-state index in [4.69, 9.17) is 9.47 Å². The molecular weight excluding hydrogens is 953 g/mol. The van der Waals surface area contributed by atoms with Crippen molar-refractivity contribution < 1.29 is 38.6 Å². The number of hydrogen-bond donors (Lipinski definition) is 2. The highest BCUT2D eigenvalue weighted by Gasteiger charge is 2.76. The van der Waals surface area contributed by atoms with Gasteiger partial charge in [-0.05, 0) is 76.7 Å². The Labute approximate surface area is 431 Å². The Balaban J connectivity index is 1.15. The van der Waals surface area contributed by atoms with E-state index in [9.17, 15) is 9.90 Å². The Kier molecular flexibility index (Phi) is 12.8. The highest BCUT2D eigenvalue weighted by atomic mass is 16.6. The molecule has 1 spiro atoms. The summed E-state index contributed by atoms with van der Waals surface area (Å²) in [5.41, 5.74) is 2.04. The predicted molar refractivity (Wildman–Crippen MR) is 274 cm³/mol. The summed E-state index contributed by atoms with van der Waals surface area (Å²) in [6.45, 7) is 4.65. The van der Waals surface area contributed by atoms with Crippen molar-refractivity contribution in [3.8, 4) is 17.6 Å². The number of aromatic hydroxyl groups is 1. The van der Waals surface area contributed by atoms with Crippen LogP contribution in [0.5, 0.6) is 5.75 Å². The minimum atomic E-state index is -2.11. The summed E-state index contributed by atoms with van der Waals surface area (Å²) < 4.78 is 13.4. The van der Waals surface area contributed by atoms with Crippen LogP contribution in [-0.4, -0.2) is 115 Å². The highest BCUT2D eigenvalue weighted by Crippen LogP contribution is 2.66. The molecule has 378 valence electrons. The molecule has 3 saturated heterocycles. The number of phenolic OH excluding ortho intramolecular Hbond substituents is 1. The lowest BCUT2D eigenvalue weighted by Gasteiger charge is -2.46. The first kappa shape index (κ1) is 48.3. The topological polar surface area (TPSA) is 206 Å². The molecule has 75 heavy (non-hydrogen) atoms. The molecule has 4 aliphatic heterocycles. The number of ether oxygens (including phenoxy) is 2.